The Morgan fingerprint density at radius 3 is 2.18 bits per heavy atom. The summed E-state index contributed by atoms with van der Waals surface area (Å²) in [5.74, 6) is -1.60. The van der Waals surface area contributed by atoms with Crippen molar-refractivity contribution in [2.45, 2.75) is 13.3 Å². The van der Waals surface area contributed by atoms with Crippen molar-refractivity contribution < 1.29 is 19.0 Å². The highest BCUT2D eigenvalue weighted by Gasteiger charge is 2.24. The number of nitro groups is 2. The first-order valence-corrected chi connectivity index (χ1v) is 4.43. The van der Waals surface area contributed by atoms with Crippen LogP contribution in [0.5, 0.6) is 0 Å². The fourth-order valence-corrected chi connectivity index (χ4v) is 1.31. The number of rotatable bonds is 4. The van der Waals surface area contributed by atoms with Crippen LogP contribution in [-0.2, 0) is 11.2 Å². The van der Waals surface area contributed by atoms with Crippen molar-refractivity contribution in [3.63, 3.8) is 0 Å². The molecule has 0 aliphatic heterocycles. The number of hydrogen-bond donors (Lipinski definition) is 0. The molecule has 0 atom stereocenters. The molecule has 0 unspecified atom stereocenters. The molecule has 0 aromatic heterocycles. The zero-order valence-corrected chi connectivity index (χ0v) is 8.68. The van der Waals surface area contributed by atoms with Crippen molar-refractivity contribution in [1.82, 2.24) is 0 Å². The average molecular weight is 242 g/mol. The lowest BCUT2D eigenvalue weighted by Crippen LogP contribution is -2.04. The van der Waals surface area contributed by atoms with E-state index in [4.69, 9.17) is 0 Å². The topological polar surface area (TPSA) is 103 Å². The lowest BCUT2D eigenvalue weighted by Gasteiger charge is -2.01. The van der Waals surface area contributed by atoms with Crippen molar-refractivity contribution in [1.29, 1.82) is 0 Å². The monoisotopic (exact) mass is 242 g/mol. The molecular formula is C9H7FN2O5. The molecule has 1 rings (SSSR count). The first-order chi connectivity index (χ1) is 7.82. The Kier molecular flexibility index (Phi) is 3.46. The van der Waals surface area contributed by atoms with Crippen molar-refractivity contribution in [2.24, 2.45) is 0 Å². The van der Waals surface area contributed by atoms with Crippen LogP contribution in [-0.4, -0.2) is 15.6 Å². The Bertz CT molecular complexity index is 514. The Morgan fingerprint density at radius 2 is 1.76 bits per heavy atom. The molecule has 0 bridgehead atoms. The minimum Gasteiger partial charge on any atom is -0.300 e. The van der Waals surface area contributed by atoms with E-state index in [1.165, 1.54) is 6.92 Å². The number of Topliss-reactive ketones (excluding diaryl/α,β-unsaturated/α-hetero) is 1. The van der Waals surface area contributed by atoms with Gasteiger partial charge in [-0.15, -0.1) is 0 Å². The van der Waals surface area contributed by atoms with E-state index < -0.39 is 32.8 Å². The molecule has 0 N–H and O–H groups in total. The predicted octanol–water partition coefficient (Wildman–Crippen LogP) is 1.77. The van der Waals surface area contributed by atoms with Crippen LogP contribution in [0, 0.1) is 26.0 Å². The summed E-state index contributed by atoms with van der Waals surface area (Å²) in [5.41, 5.74) is -1.79. The molecule has 0 saturated carbocycles. The molecule has 0 fully saturated rings. The number of carbonyl (C=O) groups excluding carboxylic acids is 1. The first-order valence-electron chi connectivity index (χ1n) is 4.43. The van der Waals surface area contributed by atoms with E-state index >= 15 is 0 Å². The lowest BCUT2D eigenvalue weighted by molar-refractivity contribution is -0.396. The molecule has 1 aromatic carbocycles. The van der Waals surface area contributed by atoms with E-state index in [-0.39, 0.29) is 12.0 Å². The van der Waals surface area contributed by atoms with Crippen LogP contribution in [0.3, 0.4) is 0 Å². The van der Waals surface area contributed by atoms with Crippen LogP contribution in [0.2, 0.25) is 0 Å². The number of nitro benzene ring substituents is 2. The van der Waals surface area contributed by atoms with Gasteiger partial charge in [0.1, 0.15) is 5.78 Å². The van der Waals surface area contributed by atoms with Crippen LogP contribution < -0.4 is 0 Å². The molecule has 0 amide bonds. The zero-order valence-electron chi connectivity index (χ0n) is 8.68. The first kappa shape index (κ1) is 12.7. The molecule has 8 heteroatoms. The highest BCUT2D eigenvalue weighted by molar-refractivity contribution is 5.79. The molecule has 0 spiro atoms. The van der Waals surface area contributed by atoms with Gasteiger partial charge in [-0.3, -0.25) is 25.0 Å². The number of halogens is 1. The summed E-state index contributed by atoms with van der Waals surface area (Å²) < 4.78 is 13.2. The quantitative estimate of drug-likeness (QED) is 0.591. The van der Waals surface area contributed by atoms with Gasteiger partial charge in [0.2, 0.25) is 5.82 Å². The average Bonchev–Trinajstić information content (AvgIpc) is 2.15. The van der Waals surface area contributed by atoms with Crippen molar-refractivity contribution in [3.8, 4) is 0 Å². The summed E-state index contributed by atoms with van der Waals surface area (Å²) in [7, 11) is 0. The second-order valence-corrected chi connectivity index (χ2v) is 3.33. The second-order valence-electron chi connectivity index (χ2n) is 3.33. The Labute approximate surface area is 94.2 Å². The van der Waals surface area contributed by atoms with E-state index in [1.807, 2.05) is 0 Å². The van der Waals surface area contributed by atoms with Crippen molar-refractivity contribution in [2.75, 3.05) is 0 Å². The minimum atomic E-state index is -1.20. The summed E-state index contributed by atoms with van der Waals surface area (Å²) in [4.78, 5) is 29.9. The number of carbonyl (C=O) groups is 1. The summed E-state index contributed by atoms with van der Waals surface area (Å²) in [6, 6.07) is 1.17. The van der Waals surface area contributed by atoms with E-state index in [1.54, 1.807) is 0 Å². The Balaban J connectivity index is 3.40. The maximum absolute atomic E-state index is 13.2. The van der Waals surface area contributed by atoms with E-state index in [0.29, 0.717) is 12.1 Å². The highest BCUT2D eigenvalue weighted by Crippen LogP contribution is 2.28. The third kappa shape index (κ3) is 2.80. The second kappa shape index (κ2) is 4.64. The van der Waals surface area contributed by atoms with Crippen molar-refractivity contribution >= 4 is 17.2 Å². The van der Waals surface area contributed by atoms with Gasteiger partial charge in [-0.2, -0.15) is 4.39 Å². The molecule has 0 radical (unpaired) electrons. The lowest BCUT2D eigenvalue weighted by atomic mass is 10.1. The third-order valence-electron chi connectivity index (χ3n) is 1.98. The SMILES string of the molecule is CC(=O)Cc1cc(F)c([N+](=O)[O-])cc1[N+](=O)[O-]. The van der Waals surface area contributed by atoms with Crippen molar-refractivity contribution in [3.05, 3.63) is 43.7 Å². The van der Waals surface area contributed by atoms with Crippen LogP contribution in [0.25, 0.3) is 0 Å². The number of benzene rings is 1. The van der Waals surface area contributed by atoms with Gasteiger partial charge >= 0.3 is 5.69 Å². The molecular weight excluding hydrogens is 235 g/mol. The molecule has 0 aliphatic rings. The third-order valence-corrected chi connectivity index (χ3v) is 1.98. The predicted molar refractivity (Wildman–Crippen MR) is 54.1 cm³/mol. The molecule has 17 heavy (non-hydrogen) atoms. The van der Waals surface area contributed by atoms with Gasteiger partial charge in [0.15, 0.2) is 0 Å². The standard InChI is InChI=1S/C9H7FN2O5/c1-5(13)2-6-3-7(10)9(12(16)17)4-8(6)11(14)15/h3-4H,2H2,1H3. The van der Waals surface area contributed by atoms with E-state index in [0.717, 1.165) is 0 Å². The van der Waals surface area contributed by atoms with Gasteiger partial charge < -0.3 is 0 Å². The fourth-order valence-electron chi connectivity index (χ4n) is 1.31. The number of nitrogens with zero attached hydrogens (tertiary/aromatic N) is 2. The maximum Gasteiger partial charge on any atom is 0.311 e. The summed E-state index contributed by atoms with van der Waals surface area (Å²) in [6.45, 7) is 1.18. The van der Waals surface area contributed by atoms with E-state index in [2.05, 4.69) is 0 Å². The minimum absolute atomic E-state index is 0.175. The van der Waals surface area contributed by atoms with Gasteiger partial charge in [0.05, 0.1) is 15.9 Å². The molecule has 7 nitrogen and oxygen atoms in total. The summed E-state index contributed by atoms with van der Waals surface area (Å²) in [6.07, 6.45) is -0.342. The summed E-state index contributed by atoms with van der Waals surface area (Å²) >= 11 is 0. The Morgan fingerprint density at radius 1 is 1.24 bits per heavy atom. The van der Waals surface area contributed by atoms with Gasteiger partial charge in [-0.1, -0.05) is 0 Å². The van der Waals surface area contributed by atoms with Gasteiger partial charge in [0.25, 0.3) is 5.69 Å². The smallest absolute Gasteiger partial charge is 0.300 e. The molecule has 1 aromatic rings. The summed E-state index contributed by atoms with van der Waals surface area (Å²) in [5, 5.41) is 21.0. The molecule has 0 aliphatic carbocycles. The fraction of sp³-hybridized carbons (Fsp3) is 0.222. The van der Waals surface area contributed by atoms with Crippen LogP contribution in [0.15, 0.2) is 12.1 Å². The molecule has 0 saturated heterocycles. The number of hydrogen-bond acceptors (Lipinski definition) is 5. The molecule has 90 valence electrons. The van der Waals surface area contributed by atoms with Gasteiger partial charge in [-0.05, 0) is 13.0 Å². The van der Waals surface area contributed by atoms with Gasteiger partial charge in [0, 0.05) is 12.0 Å². The zero-order chi connectivity index (χ0) is 13.2. The highest BCUT2D eigenvalue weighted by atomic mass is 19.1. The van der Waals surface area contributed by atoms with Crippen LogP contribution in [0.1, 0.15) is 12.5 Å². The number of ketones is 1. The van der Waals surface area contributed by atoms with E-state index in [9.17, 15) is 29.4 Å². The maximum atomic E-state index is 13.2. The largest absolute Gasteiger partial charge is 0.311 e. The van der Waals surface area contributed by atoms with Gasteiger partial charge in [-0.25, -0.2) is 0 Å². The van der Waals surface area contributed by atoms with Crippen LogP contribution >= 0.6 is 0 Å². The van der Waals surface area contributed by atoms with Crippen LogP contribution in [0.4, 0.5) is 15.8 Å². The Hall–Kier alpha value is -2.38. The normalized spacial score (nSPS) is 10.0. The molecule has 0 heterocycles.